The van der Waals surface area contributed by atoms with E-state index in [9.17, 15) is 0 Å². The average molecular weight is 229 g/mol. The Hall–Kier alpha value is -1.81. The number of rotatable bonds is 2. The molecule has 16 heavy (non-hydrogen) atoms. The number of aromatic nitrogens is 2. The van der Waals surface area contributed by atoms with Crippen molar-refractivity contribution in [3.63, 3.8) is 0 Å². The van der Waals surface area contributed by atoms with E-state index >= 15 is 0 Å². The van der Waals surface area contributed by atoms with Crippen LogP contribution in [-0.2, 0) is 6.54 Å². The second-order valence-electron chi connectivity index (χ2n) is 3.69. The first-order valence-electron chi connectivity index (χ1n) is 5.05. The van der Waals surface area contributed by atoms with Gasteiger partial charge in [0.1, 0.15) is 0 Å². The zero-order valence-corrected chi connectivity index (χ0v) is 9.45. The van der Waals surface area contributed by atoms with E-state index in [0.29, 0.717) is 0 Å². The molecule has 2 heterocycles. The fraction of sp³-hybridized carbons (Fsp3) is 0.0833. The molecule has 0 saturated heterocycles. The monoisotopic (exact) mass is 229 g/mol. The van der Waals surface area contributed by atoms with E-state index in [2.05, 4.69) is 27.9 Å². The summed E-state index contributed by atoms with van der Waals surface area (Å²) >= 11 is 1.67. The lowest BCUT2D eigenvalue weighted by Gasteiger charge is -2.03. The van der Waals surface area contributed by atoms with Gasteiger partial charge in [-0.3, -0.25) is 4.98 Å². The average Bonchev–Trinajstić information content (AvgIpc) is 2.90. The Kier molecular flexibility index (Phi) is 2.15. The van der Waals surface area contributed by atoms with Gasteiger partial charge in [-0.1, -0.05) is 6.07 Å². The number of anilines is 1. The fourth-order valence-corrected chi connectivity index (χ4v) is 2.47. The van der Waals surface area contributed by atoms with Crippen molar-refractivity contribution in [3.05, 3.63) is 47.0 Å². The highest BCUT2D eigenvalue weighted by Crippen LogP contribution is 2.23. The third-order valence-electron chi connectivity index (χ3n) is 2.66. The summed E-state index contributed by atoms with van der Waals surface area (Å²) in [5.41, 5.74) is 9.78. The van der Waals surface area contributed by atoms with E-state index in [1.54, 1.807) is 11.3 Å². The Morgan fingerprint density at radius 3 is 3.06 bits per heavy atom. The number of fused-ring (bicyclic) bond motifs is 1. The predicted molar refractivity (Wildman–Crippen MR) is 67.6 cm³/mol. The molecule has 1 aromatic carbocycles. The molecular formula is C12H11N3S. The predicted octanol–water partition coefficient (Wildman–Crippen LogP) is 2.73. The first kappa shape index (κ1) is 9.42. The molecule has 0 aliphatic rings. The van der Waals surface area contributed by atoms with E-state index in [4.69, 9.17) is 5.73 Å². The van der Waals surface area contributed by atoms with E-state index in [1.165, 1.54) is 10.4 Å². The standard InChI is InChI=1S/C12H11N3S/c13-11-2-1-3-12-10(11)4-5-15(12)7-9-6-14-8-16-9/h1-6,8H,7,13H2. The summed E-state index contributed by atoms with van der Waals surface area (Å²) in [6, 6.07) is 8.07. The van der Waals surface area contributed by atoms with Crippen LogP contribution in [0.25, 0.3) is 10.9 Å². The molecule has 0 unspecified atom stereocenters. The van der Waals surface area contributed by atoms with Crippen LogP contribution in [-0.4, -0.2) is 9.55 Å². The van der Waals surface area contributed by atoms with Crippen molar-refractivity contribution in [1.82, 2.24) is 9.55 Å². The lowest BCUT2D eigenvalue weighted by Crippen LogP contribution is -1.95. The highest BCUT2D eigenvalue weighted by atomic mass is 32.1. The van der Waals surface area contributed by atoms with E-state index in [-0.39, 0.29) is 0 Å². The molecule has 2 aromatic heterocycles. The molecule has 0 atom stereocenters. The number of nitrogen functional groups attached to an aromatic ring is 1. The highest BCUT2D eigenvalue weighted by molar-refractivity contribution is 7.09. The van der Waals surface area contributed by atoms with Gasteiger partial charge in [0.05, 0.1) is 17.6 Å². The van der Waals surface area contributed by atoms with E-state index in [0.717, 1.165) is 17.6 Å². The molecule has 0 aliphatic heterocycles. The van der Waals surface area contributed by atoms with Crippen LogP contribution >= 0.6 is 11.3 Å². The summed E-state index contributed by atoms with van der Waals surface area (Å²) in [5.74, 6) is 0. The minimum atomic E-state index is 0.834. The SMILES string of the molecule is Nc1cccc2c1ccn2Cc1cncs1. The van der Waals surface area contributed by atoms with Gasteiger partial charge < -0.3 is 10.3 Å². The van der Waals surface area contributed by atoms with Crippen molar-refractivity contribution in [1.29, 1.82) is 0 Å². The van der Waals surface area contributed by atoms with Gasteiger partial charge in [-0.15, -0.1) is 11.3 Å². The third-order valence-corrected chi connectivity index (χ3v) is 3.42. The van der Waals surface area contributed by atoms with Crippen LogP contribution in [0, 0.1) is 0 Å². The summed E-state index contributed by atoms with van der Waals surface area (Å²) in [6.07, 6.45) is 3.98. The Labute approximate surface area is 97.2 Å². The summed E-state index contributed by atoms with van der Waals surface area (Å²) in [7, 11) is 0. The van der Waals surface area contributed by atoms with Crippen LogP contribution in [0.3, 0.4) is 0 Å². The first-order valence-corrected chi connectivity index (χ1v) is 5.93. The second-order valence-corrected chi connectivity index (χ2v) is 4.66. The van der Waals surface area contributed by atoms with Gasteiger partial charge in [0.25, 0.3) is 0 Å². The second kappa shape index (κ2) is 3.64. The lowest BCUT2D eigenvalue weighted by atomic mass is 10.2. The van der Waals surface area contributed by atoms with Crippen LogP contribution in [0.4, 0.5) is 5.69 Å². The van der Waals surface area contributed by atoms with Gasteiger partial charge in [-0.2, -0.15) is 0 Å². The number of nitrogens with two attached hydrogens (primary N) is 1. The van der Waals surface area contributed by atoms with Gasteiger partial charge in [0.15, 0.2) is 0 Å². The van der Waals surface area contributed by atoms with Gasteiger partial charge >= 0.3 is 0 Å². The summed E-state index contributed by atoms with van der Waals surface area (Å²) < 4.78 is 2.19. The van der Waals surface area contributed by atoms with Crippen LogP contribution in [0.15, 0.2) is 42.2 Å². The smallest absolute Gasteiger partial charge is 0.0794 e. The van der Waals surface area contributed by atoms with Crippen molar-refractivity contribution in [3.8, 4) is 0 Å². The van der Waals surface area contributed by atoms with Crippen LogP contribution in [0.5, 0.6) is 0 Å². The Bertz CT molecular complexity index is 610. The number of hydrogen-bond donors (Lipinski definition) is 1. The maximum atomic E-state index is 5.92. The van der Waals surface area contributed by atoms with Gasteiger partial charge in [-0.05, 0) is 18.2 Å². The first-order chi connectivity index (χ1) is 7.84. The van der Waals surface area contributed by atoms with Crippen LogP contribution in [0.1, 0.15) is 4.88 Å². The van der Waals surface area contributed by atoms with Gasteiger partial charge in [0, 0.05) is 28.3 Å². The number of benzene rings is 1. The molecule has 3 aromatic rings. The zero-order chi connectivity index (χ0) is 11.0. The number of hydrogen-bond acceptors (Lipinski definition) is 3. The van der Waals surface area contributed by atoms with E-state index in [1.807, 2.05) is 23.8 Å². The Balaban J connectivity index is 2.08. The normalized spacial score (nSPS) is 11.0. The van der Waals surface area contributed by atoms with Gasteiger partial charge in [-0.25, -0.2) is 0 Å². The topological polar surface area (TPSA) is 43.8 Å². The molecule has 0 saturated carbocycles. The molecule has 0 aliphatic carbocycles. The highest BCUT2D eigenvalue weighted by Gasteiger charge is 2.04. The van der Waals surface area contributed by atoms with Crippen molar-refractivity contribution >= 4 is 27.9 Å². The van der Waals surface area contributed by atoms with E-state index < -0.39 is 0 Å². The molecule has 80 valence electrons. The minimum absolute atomic E-state index is 0.834. The van der Waals surface area contributed by atoms with Crippen molar-refractivity contribution in [2.45, 2.75) is 6.54 Å². The molecule has 4 heteroatoms. The maximum Gasteiger partial charge on any atom is 0.0794 e. The molecule has 0 radical (unpaired) electrons. The van der Waals surface area contributed by atoms with Crippen molar-refractivity contribution in [2.75, 3.05) is 5.73 Å². The molecule has 3 rings (SSSR count). The van der Waals surface area contributed by atoms with Crippen molar-refractivity contribution < 1.29 is 0 Å². The number of nitrogens with zero attached hydrogens (tertiary/aromatic N) is 2. The van der Waals surface area contributed by atoms with Crippen LogP contribution < -0.4 is 5.73 Å². The largest absolute Gasteiger partial charge is 0.398 e. The lowest BCUT2D eigenvalue weighted by molar-refractivity contribution is 0.849. The Morgan fingerprint density at radius 1 is 1.31 bits per heavy atom. The maximum absolute atomic E-state index is 5.92. The molecule has 2 N–H and O–H groups in total. The summed E-state index contributed by atoms with van der Waals surface area (Å²) in [4.78, 5) is 5.33. The molecule has 0 bridgehead atoms. The molecule has 0 spiro atoms. The minimum Gasteiger partial charge on any atom is -0.398 e. The molecular weight excluding hydrogens is 218 g/mol. The summed E-state index contributed by atoms with van der Waals surface area (Å²) in [6.45, 7) is 0.859. The molecule has 0 amide bonds. The molecule has 0 fully saturated rings. The van der Waals surface area contributed by atoms with Gasteiger partial charge in [0.2, 0.25) is 0 Å². The van der Waals surface area contributed by atoms with Crippen LogP contribution in [0.2, 0.25) is 0 Å². The molecule has 3 nitrogen and oxygen atoms in total. The third kappa shape index (κ3) is 1.47. The number of thiazole rings is 1. The quantitative estimate of drug-likeness (QED) is 0.687. The Morgan fingerprint density at radius 2 is 2.25 bits per heavy atom. The summed E-state index contributed by atoms with van der Waals surface area (Å²) in [5, 5.41) is 1.12. The zero-order valence-electron chi connectivity index (χ0n) is 8.63. The fourth-order valence-electron chi connectivity index (χ4n) is 1.87. The van der Waals surface area contributed by atoms with Crippen molar-refractivity contribution in [2.24, 2.45) is 0 Å².